The minimum absolute atomic E-state index is 0.0243. The standard InChI is InChI=1S/C12H19NO/c1-9(2)14-12(8-13)11-7-5-4-6-10(11)3/h4-7,9,12H,8,13H2,1-3H3/t12-/m0/s1. The molecule has 0 heterocycles. The average molecular weight is 193 g/mol. The highest BCUT2D eigenvalue weighted by molar-refractivity contribution is 5.28. The van der Waals surface area contributed by atoms with Crippen molar-refractivity contribution in [2.75, 3.05) is 6.54 Å². The lowest BCUT2D eigenvalue weighted by Gasteiger charge is -2.20. The predicted molar refractivity (Wildman–Crippen MR) is 59.2 cm³/mol. The largest absolute Gasteiger partial charge is 0.370 e. The Bertz CT molecular complexity index is 283. The molecule has 0 fully saturated rings. The quantitative estimate of drug-likeness (QED) is 0.797. The highest BCUT2D eigenvalue weighted by Gasteiger charge is 2.13. The van der Waals surface area contributed by atoms with Crippen LogP contribution < -0.4 is 5.73 Å². The van der Waals surface area contributed by atoms with Gasteiger partial charge in [-0.2, -0.15) is 0 Å². The molecule has 1 aromatic rings. The van der Waals surface area contributed by atoms with E-state index in [2.05, 4.69) is 19.1 Å². The van der Waals surface area contributed by atoms with E-state index in [9.17, 15) is 0 Å². The molecular weight excluding hydrogens is 174 g/mol. The van der Waals surface area contributed by atoms with E-state index in [0.717, 1.165) is 0 Å². The maximum atomic E-state index is 5.74. The van der Waals surface area contributed by atoms with Gasteiger partial charge in [0.25, 0.3) is 0 Å². The van der Waals surface area contributed by atoms with Crippen LogP contribution in [0.3, 0.4) is 0 Å². The zero-order valence-corrected chi connectivity index (χ0v) is 9.16. The minimum atomic E-state index is 0.0243. The molecule has 1 aromatic carbocycles. The topological polar surface area (TPSA) is 35.2 Å². The third-order valence-electron chi connectivity index (χ3n) is 2.19. The van der Waals surface area contributed by atoms with Crippen LogP contribution in [0.5, 0.6) is 0 Å². The van der Waals surface area contributed by atoms with Crippen molar-refractivity contribution in [3.63, 3.8) is 0 Å². The van der Waals surface area contributed by atoms with E-state index in [1.54, 1.807) is 0 Å². The SMILES string of the molecule is Cc1ccccc1[C@H](CN)OC(C)C. The molecular formula is C12H19NO. The molecule has 0 radical (unpaired) electrons. The molecule has 0 saturated heterocycles. The third kappa shape index (κ3) is 2.82. The van der Waals surface area contributed by atoms with E-state index in [4.69, 9.17) is 10.5 Å². The number of ether oxygens (including phenoxy) is 1. The van der Waals surface area contributed by atoms with Gasteiger partial charge in [-0.05, 0) is 31.9 Å². The number of hydrogen-bond donors (Lipinski definition) is 1. The van der Waals surface area contributed by atoms with Gasteiger partial charge in [-0.15, -0.1) is 0 Å². The van der Waals surface area contributed by atoms with E-state index < -0.39 is 0 Å². The highest BCUT2D eigenvalue weighted by atomic mass is 16.5. The molecule has 0 bridgehead atoms. The Morgan fingerprint density at radius 3 is 2.43 bits per heavy atom. The molecule has 0 saturated carbocycles. The summed E-state index contributed by atoms with van der Waals surface area (Å²) in [6, 6.07) is 8.22. The summed E-state index contributed by atoms with van der Waals surface area (Å²) in [6.07, 6.45) is 0.236. The Balaban J connectivity index is 2.83. The number of rotatable bonds is 4. The molecule has 0 aliphatic heterocycles. The molecule has 1 rings (SSSR count). The molecule has 78 valence electrons. The molecule has 2 nitrogen and oxygen atoms in total. The van der Waals surface area contributed by atoms with Gasteiger partial charge in [0.15, 0.2) is 0 Å². The summed E-state index contributed by atoms with van der Waals surface area (Å²) in [4.78, 5) is 0. The molecule has 0 amide bonds. The second kappa shape index (κ2) is 5.13. The van der Waals surface area contributed by atoms with E-state index in [1.165, 1.54) is 11.1 Å². The summed E-state index contributed by atoms with van der Waals surface area (Å²) < 4.78 is 5.74. The lowest BCUT2D eigenvalue weighted by atomic mass is 10.0. The van der Waals surface area contributed by atoms with Crippen molar-refractivity contribution in [1.82, 2.24) is 0 Å². The van der Waals surface area contributed by atoms with Crippen LogP contribution in [-0.2, 0) is 4.74 Å². The first kappa shape index (κ1) is 11.2. The van der Waals surface area contributed by atoms with Crippen molar-refractivity contribution in [2.24, 2.45) is 5.73 Å². The Morgan fingerprint density at radius 1 is 1.29 bits per heavy atom. The van der Waals surface area contributed by atoms with Crippen LogP contribution in [-0.4, -0.2) is 12.6 Å². The average Bonchev–Trinajstić information content (AvgIpc) is 2.15. The first-order chi connectivity index (χ1) is 6.65. The lowest BCUT2D eigenvalue weighted by molar-refractivity contribution is 0.0116. The Hall–Kier alpha value is -0.860. The molecule has 0 aromatic heterocycles. The van der Waals surface area contributed by atoms with Crippen LogP contribution >= 0.6 is 0 Å². The minimum Gasteiger partial charge on any atom is -0.370 e. The fourth-order valence-electron chi connectivity index (χ4n) is 1.53. The number of aryl methyl sites for hydroxylation is 1. The van der Waals surface area contributed by atoms with Crippen LogP contribution in [0, 0.1) is 6.92 Å². The number of hydrogen-bond acceptors (Lipinski definition) is 2. The van der Waals surface area contributed by atoms with Gasteiger partial charge in [-0.3, -0.25) is 0 Å². The van der Waals surface area contributed by atoms with Gasteiger partial charge >= 0.3 is 0 Å². The molecule has 14 heavy (non-hydrogen) atoms. The second-order valence-corrected chi connectivity index (χ2v) is 3.77. The summed E-state index contributed by atoms with van der Waals surface area (Å²) in [6.45, 7) is 6.67. The van der Waals surface area contributed by atoms with Crippen LogP contribution in [0.2, 0.25) is 0 Å². The summed E-state index contributed by atoms with van der Waals surface area (Å²) >= 11 is 0. The summed E-state index contributed by atoms with van der Waals surface area (Å²) in [5, 5.41) is 0. The zero-order chi connectivity index (χ0) is 10.6. The van der Waals surface area contributed by atoms with E-state index in [0.29, 0.717) is 6.54 Å². The molecule has 0 spiro atoms. The first-order valence-corrected chi connectivity index (χ1v) is 5.06. The molecule has 0 aliphatic carbocycles. The molecule has 0 unspecified atom stereocenters. The zero-order valence-electron chi connectivity index (χ0n) is 9.16. The third-order valence-corrected chi connectivity index (χ3v) is 2.19. The van der Waals surface area contributed by atoms with Crippen LogP contribution in [0.4, 0.5) is 0 Å². The molecule has 0 aliphatic rings. The maximum Gasteiger partial charge on any atom is 0.0953 e. The molecule has 1 atom stereocenters. The van der Waals surface area contributed by atoms with Crippen molar-refractivity contribution in [2.45, 2.75) is 33.0 Å². The van der Waals surface area contributed by atoms with Gasteiger partial charge in [0, 0.05) is 6.54 Å². The maximum absolute atomic E-state index is 5.74. The van der Waals surface area contributed by atoms with Crippen molar-refractivity contribution in [3.8, 4) is 0 Å². The predicted octanol–water partition coefficient (Wildman–Crippen LogP) is 2.42. The van der Waals surface area contributed by atoms with Gasteiger partial charge in [-0.25, -0.2) is 0 Å². The van der Waals surface area contributed by atoms with E-state index in [-0.39, 0.29) is 12.2 Å². The lowest BCUT2D eigenvalue weighted by Crippen LogP contribution is -2.20. The molecule has 2 N–H and O–H groups in total. The van der Waals surface area contributed by atoms with Crippen LogP contribution in [0.1, 0.15) is 31.1 Å². The van der Waals surface area contributed by atoms with Crippen molar-refractivity contribution < 1.29 is 4.74 Å². The fraction of sp³-hybridized carbons (Fsp3) is 0.500. The van der Waals surface area contributed by atoms with Gasteiger partial charge in [-0.1, -0.05) is 24.3 Å². The Labute approximate surface area is 86.1 Å². The van der Waals surface area contributed by atoms with Gasteiger partial charge < -0.3 is 10.5 Å². The van der Waals surface area contributed by atoms with Crippen molar-refractivity contribution in [3.05, 3.63) is 35.4 Å². The molecule has 2 heteroatoms. The van der Waals surface area contributed by atoms with Gasteiger partial charge in [0.2, 0.25) is 0 Å². The van der Waals surface area contributed by atoms with Crippen LogP contribution in [0.15, 0.2) is 24.3 Å². The Morgan fingerprint density at radius 2 is 1.93 bits per heavy atom. The smallest absolute Gasteiger partial charge is 0.0953 e. The number of benzene rings is 1. The van der Waals surface area contributed by atoms with E-state index >= 15 is 0 Å². The number of nitrogens with two attached hydrogens (primary N) is 1. The van der Waals surface area contributed by atoms with Crippen molar-refractivity contribution >= 4 is 0 Å². The fourth-order valence-corrected chi connectivity index (χ4v) is 1.53. The van der Waals surface area contributed by atoms with Gasteiger partial charge in [0.1, 0.15) is 0 Å². The van der Waals surface area contributed by atoms with Crippen LogP contribution in [0.25, 0.3) is 0 Å². The summed E-state index contributed by atoms with van der Waals surface area (Å²) in [5.74, 6) is 0. The van der Waals surface area contributed by atoms with E-state index in [1.807, 2.05) is 26.0 Å². The Kier molecular flexibility index (Phi) is 4.11. The first-order valence-electron chi connectivity index (χ1n) is 5.06. The summed E-state index contributed by atoms with van der Waals surface area (Å²) in [7, 11) is 0. The highest BCUT2D eigenvalue weighted by Crippen LogP contribution is 2.21. The monoisotopic (exact) mass is 193 g/mol. The van der Waals surface area contributed by atoms with Gasteiger partial charge in [0.05, 0.1) is 12.2 Å². The second-order valence-electron chi connectivity index (χ2n) is 3.77. The summed E-state index contributed by atoms with van der Waals surface area (Å²) in [5.41, 5.74) is 8.13. The normalized spacial score (nSPS) is 13.2. The van der Waals surface area contributed by atoms with Crippen molar-refractivity contribution in [1.29, 1.82) is 0 Å².